The molecule has 0 atom stereocenters. The largest absolute Gasteiger partial charge is 0.309 e. The van der Waals surface area contributed by atoms with E-state index in [2.05, 4.69) is 203 Å². The Morgan fingerprint density at radius 3 is 1.68 bits per heavy atom. The molecular formula is C54H32N2. The molecule has 1 aliphatic rings. The number of fused-ring (bicyclic) bond motifs is 12. The van der Waals surface area contributed by atoms with Gasteiger partial charge in [0.2, 0.25) is 0 Å². The Balaban J connectivity index is 1.07. The smallest absolute Gasteiger partial charge is 0.0619 e. The predicted octanol–water partition coefficient (Wildman–Crippen LogP) is 14.7. The van der Waals surface area contributed by atoms with E-state index < -0.39 is 0 Å². The minimum absolute atomic E-state index is 1.17. The van der Waals surface area contributed by atoms with Crippen molar-refractivity contribution in [2.45, 2.75) is 0 Å². The van der Waals surface area contributed by atoms with Gasteiger partial charge in [0.05, 0.1) is 22.1 Å². The first kappa shape index (κ1) is 30.0. The fourth-order valence-electron chi connectivity index (χ4n) is 9.90. The van der Waals surface area contributed by atoms with Crippen LogP contribution in [0.2, 0.25) is 0 Å². The van der Waals surface area contributed by atoms with Gasteiger partial charge in [-0.2, -0.15) is 0 Å². The number of aromatic nitrogens is 2. The topological polar surface area (TPSA) is 9.86 Å². The van der Waals surface area contributed by atoms with E-state index in [-0.39, 0.29) is 0 Å². The van der Waals surface area contributed by atoms with Crippen LogP contribution < -0.4 is 0 Å². The molecule has 0 N–H and O–H groups in total. The van der Waals surface area contributed by atoms with E-state index in [1.807, 2.05) is 0 Å². The molecule has 13 rings (SSSR count). The summed E-state index contributed by atoms with van der Waals surface area (Å²) >= 11 is 0. The maximum Gasteiger partial charge on any atom is 0.0619 e. The van der Waals surface area contributed by atoms with Crippen LogP contribution in [0.15, 0.2) is 194 Å². The van der Waals surface area contributed by atoms with Crippen molar-refractivity contribution < 1.29 is 0 Å². The molecule has 2 nitrogen and oxygen atoms in total. The van der Waals surface area contributed by atoms with Gasteiger partial charge >= 0.3 is 0 Å². The lowest BCUT2D eigenvalue weighted by molar-refractivity contribution is 1.19. The lowest BCUT2D eigenvalue weighted by atomic mass is 9.99. The zero-order chi connectivity index (χ0) is 36.5. The van der Waals surface area contributed by atoms with Crippen molar-refractivity contribution >= 4 is 75.9 Å². The van der Waals surface area contributed by atoms with Gasteiger partial charge < -0.3 is 9.13 Å². The number of nitrogens with zero attached hydrogens (tertiary/aromatic N) is 2. The molecule has 258 valence electrons. The molecule has 1 aliphatic carbocycles. The van der Waals surface area contributed by atoms with Gasteiger partial charge in [-0.25, -0.2) is 0 Å². The van der Waals surface area contributed by atoms with Crippen molar-refractivity contribution in [3.63, 3.8) is 0 Å². The third-order valence-corrected chi connectivity index (χ3v) is 12.4. The van der Waals surface area contributed by atoms with E-state index in [9.17, 15) is 0 Å². The summed E-state index contributed by atoms with van der Waals surface area (Å²) in [6, 6.07) is 72.1. The fourth-order valence-corrected chi connectivity index (χ4v) is 9.90. The molecule has 10 aromatic carbocycles. The van der Waals surface area contributed by atoms with Crippen LogP contribution in [0.1, 0.15) is 0 Å². The monoisotopic (exact) mass is 708 g/mol. The van der Waals surface area contributed by atoms with Crippen molar-refractivity contribution in [3.8, 4) is 44.8 Å². The molecule has 2 heteroatoms. The molecule has 0 saturated carbocycles. The van der Waals surface area contributed by atoms with Crippen LogP contribution in [-0.2, 0) is 0 Å². The van der Waals surface area contributed by atoms with Crippen molar-refractivity contribution in [2.24, 2.45) is 0 Å². The molecule has 0 saturated heterocycles. The summed E-state index contributed by atoms with van der Waals surface area (Å²) in [7, 11) is 0. The standard InChI is InChI=1S/C54H32N2/c1-2-15-39(16-3-1)56-51-26-23-36(29-46(51)45-24-21-33-11-6-7-17-41(33)54(45)56)37-22-25-50-47(30-37)48-28-34-12-4-5-13-35(34)31-52(48)55(50)40-27-38-14-10-20-44-42-18-8-9-19-43(42)49(32-40)53(38)44/h1-32H. The number of hydrogen-bond acceptors (Lipinski definition) is 0. The quantitative estimate of drug-likeness (QED) is 0.173. The van der Waals surface area contributed by atoms with Crippen molar-refractivity contribution in [1.29, 1.82) is 0 Å². The first-order valence-electron chi connectivity index (χ1n) is 19.4. The third kappa shape index (κ3) is 4.05. The molecule has 12 aromatic rings. The molecule has 0 radical (unpaired) electrons. The summed E-state index contributed by atoms with van der Waals surface area (Å²) < 4.78 is 4.93. The minimum Gasteiger partial charge on any atom is -0.309 e. The summed E-state index contributed by atoms with van der Waals surface area (Å²) in [6.45, 7) is 0. The molecule has 2 heterocycles. The van der Waals surface area contributed by atoms with Crippen LogP contribution in [-0.4, -0.2) is 9.13 Å². The average Bonchev–Trinajstić information content (AvgIpc) is 3.89. The van der Waals surface area contributed by atoms with Crippen LogP contribution >= 0.6 is 0 Å². The highest BCUT2D eigenvalue weighted by atomic mass is 15.0. The highest BCUT2D eigenvalue weighted by Crippen LogP contribution is 2.49. The zero-order valence-corrected chi connectivity index (χ0v) is 30.4. The van der Waals surface area contributed by atoms with Crippen LogP contribution in [0.4, 0.5) is 0 Å². The van der Waals surface area contributed by atoms with Crippen LogP contribution in [0, 0.1) is 0 Å². The second kappa shape index (κ2) is 11.1. The highest BCUT2D eigenvalue weighted by Gasteiger charge is 2.23. The lowest BCUT2D eigenvalue weighted by Crippen LogP contribution is -1.95. The van der Waals surface area contributed by atoms with E-state index in [4.69, 9.17) is 0 Å². The Kier molecular flexibility index (Phi) is 5.92. The third-order valence-electron chi connectivity index (χ3n) is 12.4. The molecule has 0 aliphatic heterocycles. The summed E-state index contributed by atoms with van der Waals surface area (Å²) in [5.41, 5.74) is 14.9. The molecule has 0 bridgehead atoms. The molecule has 2 aromatic heterocycles. The molecule has 0 spiro atoms. The first-order chi connectivity index (χ1) is 27.8. The summed E-state index contributed by atoms with van der Waals surface area (Å²) in [4.78, 5) is 0. The van der Waals surface area contributed by atoms with Gasteiger partial charge in [0.25, 0.3) is 0 Å². The van der Waals surface area contributed by atoms with Gasteiger partial charge in [-0.1, -0.05) is 133 Å². The second-order valence-corrected chi connectivity index (χ2v) is 15.3. The summed E-state index contributed by atoms with van der Waals surface area (Å²) in [5.74, 6) is 0. The molecule has 56 heavy (non-hydrogen) atoms. The number of rotatable bonds is 3. The highest BCUT2D eigenvalue weighted by molar-refractivity contribution is 6.20. The summed E-state index contributed by atoms with van der Waals surface area (Å²) in [5, 5.41) is 12.7. The van der Waals surface area contributed by atoms with E-state index in [0.29, 0.717) is 0 Å². The zero-order valence-electron chi connectivity index (χ0n) is 30.4. The molecular weight excluding hydrogens is 677 g/mol. The SMILES string of the molecule is c1ccc(-n2c3ccc(-c4ccc5c(c4)c4cc6ccccc6cc4n5-c4cc5c6c(cccc6c4)-c4ccccc4-5)cc3c3ccc4ccccc4c32)cc1. The molecule has 0 fully saturated rings. The number of para-hydroxylation sites is 1. The summed E-state index contributed by atoms with van der Waals surface area (Å²) in [6.07, 6.45) is 0. The number of benzene rings is 10. The van der Waals surface area contributed by atoms with E-state index in [1.54, 1.807) is 0 Å². The predicted molar refractivity (Wildman–Crippen MR) is 238 cm³/mol. The van der Waals surface area contributed by atoms with Crippen molar-refractivity contribution in [1.82, 2.24) is 9.13 Å². The van der Waals surface area contributed by atoms with Gasteiger partial charge in [0, 0.05) is 38.3 Å². The van der Waals surface area contributed by atoms with Crippen LogP contribution in [0.3, 0.4) is 0 Å². The first-order valence-corrected chi connectivity index (χ1v) is 19.4. The van der Waals surface area contributed by atoms with Crippen LogP contribution in [0.25, 0.3) is 121 Å². The maximum absolute atomic E-state index is 2.49. The van der Waals surface area contributed by atoms with E-state index in [0.717, 1.165) is 0 Å². The fraction of sp³-hybridized carbons (Fsp3) is 0. The minimum atomic E-state index is 1.17. The van der Waals surface area contributed by atoms with E-state index >= 15 is 0 Å². The van der Waals surface area contributed by atoms with Gasteiger partial charge in [-0.05, 0) is 121 Å². The molecule has 0 amide bonds. The maximum atomic E-state index is 2.49. The second-order valence-electron chi connectivity index (χ2n) is 15.3. The van der Waals surface area contributed by atoms with Crippen LogP contribution in [0.5, 0.6) is 0 Å². The average molecular weight is 709 g/mol. The number of hydrogen-bond donors (Lipinski definition) is 0. The van der Waals surface area contributed by atoms with Crippen molar-refractivity contribution in [3.05, 3.63) is 194 Å². The molecule has 0 unspecified atom stereocenters. The van der Waals surface area contributed by atoms with Gasteiger partial charge in [-0.3, -0.25) is 0 Å². The van der Waals surface area contributed by atoms with Gasteiger partial charge in [-0.15, -0.1) is 0 Å². The Labute approximate surface area is 322 Å². The van der Waals surface area contributed by atoms with Gasteiger partial charge in [0.1, 0.15) is 0 Å². The Bertz CT molecular complexity index is 3640. The Hall–Kier alpha value is -7.42. The Morgan fingerprint density at radius 1 is 0.268 bits per heavy atom. The van der Waals surface area contributed by atoms with Gasteiger partial charge in [0.15, 0.2) is 0 Å². The lowest BCUT2D eigenvalue weighted by Gasteiger charge is -2.12. The van der Waals surface area contributed by atoms with E-state index in [1.165, 1.54) is 121 Å². The normalized spacial score (nSPS) is 12.3. The van der Waals surface area contributed by atoms with Crippen molar-refractivity contribution in [2.75, 3.05) is 0 Å². The Morgan fingerprint density at radius 2 is 0.875 bits per heavy atom.